The summed E-state index contributed by atoms with van der Waals surface area (Å²) in [6.45, 7) is 5.47. The second kappa shape index (κ2) is 9.32. The van der Waals surface area contributed by atoms with Crippen molar-refractivity contribution < 1.29 is 26.8 Å². The van der Waals surface area contributed by atoms with E-state index in [-0.39, 0.29) is 7.43 Å². The van der Waals surface area contributed by atoms with Crippen LogP contribution in [-0.4, -0.2) is 16.5 Å². The number of aromatic nitrogens is 2. The Morgan fingerprint density at radius 1 is 1.29 bits per heavy atom. The van der Waals surface area contributed by atoms with Crippen LogP contribution in [0.3, 0.4) is 0 Å². The van der Waals surface area contributed by atoms with Crippen LogP contribution in [0.4, 0.5) is 0 Å². The van der Waals surface area contributed by atoms with Gasteiger partial charge >= 0.3 is 22.1 Å². The van der Waals surface area contributed by atoms with E-state index in [0.717, 1.165) is 41.1 Å². The number of fused-ring (bicyclic) bond motifs is 1. The Labute approximate surface area is 152 Å². The van der Waals surface area contributed by atoms with Crippen molar-refractivity contribution in [1.29, 1.82) is 5.26 Å². The normalized spacial score (nSPS) is 11.9. The van der Waals surface area contributed by atoms with Gasteiger partial charge in [0.05, 0.1) is 11.6 Å². The fraction of sp³-hybridized carbons (Fsp3) is 0.294. The zero-order valence-corrected chi connectivity index (χ0v) is 16.3. The molecule has 0 fully saturated rings. The van der Waals surface area contributed by atoms with Crippen LogP contribution in [0, 0.1) is 38.9 Å². The van der Waals surface area contributed by atoms with Gasteiger partial charge in [0.15, 0.2) is 0 Å². The molecule has 1 aliphatic rings. The maximum absolute atomic E-state index is 9.00. The quantitative estimate of drug-likeness (QED) is 0.638. The standard InChI is InChI=1S/C16H15N4O.CH3.O.Os/c1-10-5-12(7-17)6-11(2)15(10)21-16-13-8-18-4-3-14(13)19-9-20-16;;;/h5-6,18H,3-4,8H2,1-2H3;1H3;;/q2*-1;;. The molecular weight excluding hydrogens is 482 g/mol. The van der Waals surface area contributed by atoms with E-state index < -0.39 is 0 Å². The van der Waals surface area contributed by atoms with E-state index in [1.807, 2.05) is 26.0 Å². The van der Waals surface area contributed by atoms with Gasteiger partial charge in [-0.3, -0.25) is 0 Å². The minimum absolute atomic E-state index is 0. The maximum atomic E-state index is 9.00. The molecule has 128 valence electrons. The predicted molar refractivity (Wildman–Crippen MR) is 84.1 cm³/mol. The summed E-state index contributed by atoms with van der Waals surface area (Å²) >= 11 is 0.611. The number of nitrogens with zero attached hydrogens (tertiary/aromatic N) is 3. The zero-order valence-electron chi connectivity index (χ0n) is 13.8. The summed E-state index contributed by atoms with van der Waals surface area (Å²) in [6, 6.07) is 5.79. The third kappa shape index (κ3) is 4.29. The second-order valence-corrected chi connectivity index (χ2v) is 5.13. The molecule has 0 bridgehead atoms. The molecule has 3 rings (SSSR count). The van der Waals surface area contributed by atoms with Crippen molar-refractivity contribution in [3.63, 3.8) is 0 Å². The molecule has 0 radical (unpaired) electrons. The Balaban J connectivity index is 0.000000925. The van der Waals surface area contributed by atoms with Crippen molar-refractivity contribution in [1.82, 2.24) is 15.3 Å². The number of ether oxygens (including phenoxy) is 1. The Morgan fingerprint density at radius 3 is 2.58 bits per heavy atom. The van der Waals surface area contributed by atoms with Gasteiger partial charge < -0.3 is 27.4 Å². The van der Waals surface area contributed by atoms with Crippen molar-refractivity contribution in [2.45, 2.75) is 26.8 Å². The van der Waals surface area contributed by atoms with Gasteiger partial charge in [-0.1, -0.05) is 11.3 Å². The number of nitriles is 1. The first-order valence-electron chi connectivity index (χ1n) is 6.99. The molecular formula is C17H18N4O2Os-2. The van der Waals surface area contributed by atoms with E-state index in [4.69, 9.17) is 13.5 Å². The first-order chi connectivity index (χ1) is 11.2. The van der Waals surface area contributed by atoms with Crippen LogP contribution in [0.5, 0.6) is 11.6 Å². The Bertz CT molecular complexity index is 736. The minimum atomic E-state index is 0. The Kier molecular flexibility index (Phi) is 7.78. The number of nitrogens with one attached hydrogen (secondary N) is 1. The van der Waals surface area contributed by atoms with Crippen LogP contribution in [-0.2, 0) is 35.1 Å². The van der Waals surface area contributed by atoms with Crippen molar-refractivity contribution in [2.75, 3.05) is 6.54 Å². The molecule has 6 nitrogen and oxygen atoms in total. The Hall–Kier alpha value is -2.01. The van der Waals surface area contributed by atoms with Crippen LogP contribution >= 0.6 is 0 Å². The van der Waals surface area contributed by atoms with Gasteiger partial charge in [0.25, 0.3) is 0 Å². The summed E-state index contributed by atoms with van der Waals surface area (Å²) < 4.78 is 14.3. The molecule has 24 heavy (non-hydrogen) atoms. The Morgan fingerprint density at radius 2 is 1.96 bits per heavy atom. The van der Waals surface area contributed by atoms with Gasteiger partial charge in [0.1, 0.15) is 11.6 Å². The molecule has 1 aliphatic heterocycles. The molecule has 2 aromatic rings. The first kappa shape index (κ1) is 20.0. The number of rotatable bonds is 2. The SMILES string of the molecule is Cc1cc(C#N)cc(C)c1Oc1n[c-]nc2c1CNCC2.[CH3-].[O]=[Os]. The third-order valence-electron chi connectivity index (χ3n) is 3.57. The summed E-state index contributed by atoms with van der Waals surface area (Å²) in [6.07, 6.45) is 3.52. The molecule has 0 spiro atoms. The van der Waals surface area contributed by atoms with E-state index >= 15 is 0 Å². The molecule has 0 aliphatic carbocycles. The molecule has 1 N–H and O–H groups in total. The monoisotopic (exact) mass is 502 g/mol. The molecule has 1 aromatic heterocycles. The number of hydrogen-bond acceptors (Lipinski definition) is 6. The molecule has 0 atom stereocenters. The van der Waals surface area contributed by atoms with Crippen molar-refractivity contribution in [3.05, 3.63) is 53.8 Å². The fourth-order valence-corrected chi connectivity index (χ4v) is 2.55. The van der Waals surface area contributed by atoms with Crippen LogP contribution in [0.2, 0.25) is 0 Å². The van der Waals surface area contributed by atoms with E-state index in [2.05, 4.69) is 27.7 Å². The van der Waals surface area contributed by atoms with Crippen molar-refractivity contribution in [2.24, 2.45) is 0 Å². The molecule has 0 unspecified atom stereocenters. The second-order valence-electron chi connectivity index (χ2n) is 5.13. The van der Waals surface area contributed by atoms with Gasteiger partial charge in [-0.2, -0.15) is 5.26 Å². The van der Waals surface area contributed by atoms with E-state index in [1.165, 1.54) is 0 Å². The van der Waals surface area contributed by atoms with Crippen LogP contribution in [0.15, 0.2) is 12.1 Å². The molecule has 1 aromatic carbocycles. The number of hydrogen-bond donors (Lipinski definition) is 1. The van der Waals surface area contributed by atoms with E-state index in [0.29, 0.717) is 36.5 Å². The summed E-state index contributed by atoms with van der Waals surface area (Å²) in [5.41, 5.74) is 4.45. The molecule has 0 saturated heterocycles. The average Bonchev–Trinajstić information content (AvgIpc) is 2.59. The summed E-state index contributed by atoms with van der Waals surface area (Å²) in [7, 11) is 0. The zero-order chi connectivity index (χ0) is 16.8. The van der Waals surface area contributed by atoms with Gasteiger partial charge in [-0.05, 0) is 50.1 Å². The van der Waals surface area contributed by atoms with E-state index in [9.17, 15) is 0 Å². The molecule has 0 amide bonds. The van der Waals surface area contributed by atoms with Crippen molar-refractivity contribution >= 4 is 0 Å². The molecule has 2 heterocycles. The molecule has 0 saturated carbocycles. The molecule has 7 heteroatoms. The summed E-state index contributed by atoms with van der Waals surface area (Å²) in [5.74, 6) is 1.29. The number of aryl methyl sites for hydroxylation is 2. The van der Waals surface area contributed by atoms with Gasteiger partial charge in [-0.25, -0.2) is 0 Å². The van der Waals surface area contributed by atoms with Crippen LogP contribution in [0.25, 0.3) is 0 Å². The van der Waals surface area contributed by atoms with Crippen molar-refractivity contribution in [3.8, 4) is 17.7 Å². The summed E-state index contributed by atoms with van der Waals surface area (Å²) in [4.78, 5) is 8.34. The van der Waals surface area contributed by atoms with Crippen LogP contribution in [0.1, 0.15) is 27.9 Å². The first-order valence-corrected chi connectivity index (χ1v) is 8.03. The average molecular weight is 501 g/mol. The number of benzene rings is 1. The topological polar surface area (TPSA) is 87.9 Å². The predicted octanol–water partition coefficient (Wildman–Crippen LogP) is 2.53. The van der Waals surface area contributed by atoms with Gasteiger partial charge in [0.2, 0.25) is 0 Å². The van der Waals surface area contributed by atoms with E-state index in [1.54, 1.807) is 0 Å². The summed E-state index contributed by atoms with van der Waals surface area (Å²) in [5, 5.41) is 12.3. The van der Waals surface area contributed by atoms with Gasteiger partial charge in [-0.15, -0.1) is 0 Å². The van der Waals surface area contributed by atoms with Gasteiger partial charge in [0, 0.05) is 12.9 Å². The third-order valence-corrected chi connectivity index (χ3v) is 3.57. The fourth-order valence-electron chi connectivity index (χ4n) is 2.55. The van der Waals surface area contributed by atoms with Crippen LogP contribution < -0.4 is 10.1 Å².